The van der Waals surface area contributed by atoms with Crippen molar-refractivity contribution in [2.75, 3.05) is 0 Å². The molecule has 0 spiro atoms. The number of hydrogen-bond donors (Lipinski definition) is 1. The lowest BCUT2D eigenvalue weighted by Gasteiger charge is -1.87. The number of unbranched alkanes of at least 4 members (excludes halogenated alkanes) is 3. The van der Waals surface area contributed by atoms with Crippen LogP contribution < -0.4 is 0 Å². The smallest absolute Gasteiger partial charge is 0.167 e. The summed E-state index contributed by atoms with van der Waals surface area (Å²) in [6.07, 6.45) is 5.83. The van der Waals surface area contributed by atoms with Gasteiger partial charge < -0.3 is 5.21 Å². The van der Waals surface area contributed by atoms with Crippen molar-refractivity contribution in [2.45, 2.75) is 32.6 Å². The van der Waals surface area contributed by atoms with Gasteiger partial charge in [0.15, 0.2) is 5.01 Å². The summed E-state index contributed by atoms with van der Waals surface area (Å²) in [5.74, 6) is 6.08. The number of nitrogens with zero attached hydrogens (tertiary/aromatic N) is 2. The Bertz CT molecular complexity index is 373. The summed E-state index contributed by atoms with van der Waals surface area (Å²) in [7, 11) is 0. The molecule has 0 bridgehead atoms. The van der Waals surface area contributed by atoms with Crippen molar-refractivity contribution in [3.63, 3.8) is 0 Å². The first kappa shape index (κ1) is 11.7. The van der Waals surface area contributed by atoms with Crippen LogP contribution in [0.5, 0.6) is 0 Å². The summed E-state index contributed by atoms with van der Waals surface area (Å²) in [6, 6.07) is 0. The number of rotatable bonds is 4. The SMILES string of the molecule is CCCCCC#Cc1nc(/C=N\O)cs1. The van der Waals surface area contributed by atoms with Gasteiger partial charge in [-0.3, -0.25) is 0 Å². The van der Waals surface area contributed by atoms with Crippen molar-refractivity contribution in [1.29, 1.82) is 0 Å². The minimum atomic E-state index is 0.653. The van der Waals surface area contributed by atoms with Gasteiger partial charge >= 0.3 is 0 Å². The molecule has 3 nitrogen and oxygen atoms in total. The Labute approximate surface area is 93.9 Å². The van der Waals surface area contributed by atoms with E-state index in [1.54, 1.807) is 0 Å². The van der Waals surface area contributed by atoms with Gasteiger partial charge in [0.2, 0.25) is 0 Å². The number of thiazole rings is 1. The lowest BCUT2D eigenvalue weighted by Crippen LogP contribution is -1.80. The van der Waals surface area contributed by atoms with E-state index in [-0.39, 0.29) is 0 Å². The third-order valence-electron chi connectivity index (χ3n) is 1.81. The van der Waals surface area contributed by atoms with Crippen LogP contribution in [0.4, 0.5) is 0 Å². The molecular weight excluding hydrogens is 208 g/mol. The molecule has 1 aromatic heterocycles. The molecule has 0 aliphatic rings. The first-order chi connectivity index (χ1) is 7.36. The topological polar surface area (TPSA) is 45.5 Å². The standard InChI is InChI=1S/C11H14N2OS/c1-2-3-4-5-6-7-11-13-10(8-12-14)9-15-11/h8-9,14H,2-5H2,1H3/b12-8-. The van der Waals surface area contributed by atoms with Crippen molar-refractivity contribution in [2.24, 2.45) is 5.16 Å². The predicted molar refractivity (Wildman–Crippen MR) is 62.5 cm³/mol. The van der Waals surface area contributed by atoms with Crippen LogP contribution in [0.1, 0.15) is 43.3 Å². The van der Waals surface area contributed by atoms with Crippen molar-refractivity contribution in [1.82, 2.24) is 4.98 Å². The van der Waals surface area contributed by atoms with Gasteiger partial charge in [-0.25, -0.2) is 4.98 Å². The minimum Gasteiger partial charge on any atom is -0.411 e. The second-order valence-corrected chi connectivity index (χ2v) is 3.94. The fourth-order valence-corrected chi connectivity index (χ4v) is 1.70. The molecule has 0 aromatic carbocycles. The van der Waals surface area contributed by atoms with Crippen molar-refractivity contribution >= 4 is 17.6 Å². The van der Waals surface area contributed by atoms with E-state index in [2.05, 4.69) is 28.9 Å². The van der Waals surface area contributed by atoms with Crippen LogP contribution in [0, 0.1) is 11.8 Å². The molecule has 0 unspecified atom stereocenters. The third-order valence-corrected chi connectivity index (χ3v) is 2.59. The Kier molecular flexibility index (Phi) is 5.49. The molecule has 0 amide bonds. The number of oxime groups is 1. The maximum absolute atomic E-state index is 8.30. The van der Waals surface area contributed by atoms with E-state index < -0.39 is 0 Å². The van der Waals surface area contributed by atoms with Gasteiger partial charge in [-0.2, -0.15) is 0 Å². The molecular formula is C11H14N2OS. The summed E-state index contributed by atoms with van der Waals surface area (Å²) < 4.78 is 0. The highest BCUT2D eigenvalue weighted by atomic mass is 32.1. The molecule has 0 aliphatic carbocycles. The normalized spacial score (nSPS) is 10.2. The zero-order valence-corrected chi connectivity index (χ0v) is 9.55. The highest BCUT2D eigenvalue weighted by Gasteiger charge is 1.95. The van der Waals surface area contributed by atoms with Crippen molar-refractivity contribution in [3.8, 4) is 11.8 Å². The fraction of sp³-hybridized carbons (Fsp3) is 0.455. The summed E-state index contributed by atoms with van der Waals surface area (Å²) >= 11 is 1.47. The van der Waals surface area contributed by atoms with Crippen LogP contribution in [0.15, 0.2) is 10.5 Å². The molecule has 4 heteroatoms. The average Bonchev–Trinajstić information content (AvgIpc) is 2.66. The van der Waals surface area contributed by atoms with Crippen LogP contribution in [0.2, 0.25) is 0 Å². The quantitative estimate of drug-likeness (QED) is 0.280. The zero-order chi connectivity index (χ0) is 10.9. The maximum atomic E-state index is 8.30. The van der Waals surface area contributed by atoms with Gasteiger partial charge in [-0.15, -0.1) is 11.3 Å². The Hall–Kier alpha value is -1.34. The highest BCUT2D eigenvalue weighted by Crippen LogP contribution is 2.06. The monoisotopic (exact) mass is 222 g/mol. The van der Waals surface area contributed by atoms with Gasteiger partial charge in [0.1, 0.15) is 0 Å². The Balaban J connectivity index is 2.42. The molecule has 1 aromatic rings. The Morgan fingerprint density at radius 3 is 3.20 bits per heavy atom. The molecule has 0 fully saturated rings. The summed E-state index contributed by atoms with van der Waals surface area (Å²) in [6.45, 7) is 2.18. The fourth-order valence-electron chi connectivity index (χ4n) is 1.06. The molecule has 0 aliphatic heterocycles. The third kappa shape index (κ3) is 4.61. The van der Waals surface area contributed by atoms with E-state index in [1.165, 1.54) is 30.4 Å². The molecule has 0 saturated carbocycles. The van der Waals surface area contributed by atoms with Crippen LogP contribution in [0.25, 0.3) is 0 Å². The molecule has 0 saturated heterocycles. The molecule has 80 valence electrons. The second-order valence-electron chi connectivity index (χ2n) is 3.08. The lowest BCUT2D eigenvalue weighted by molar-refractivity contribution is 0.321. The van der Waals surface area contributed by atoms with E-state index in [1.807, 2.05) is 5.38 Å². The van der Waals surface area contributed by atoms with Gasteiger partial charge in [0, 0.05) is 11.8 Å². The summed E-state index contributed by atoms with van der Waals surface area (Å²) in [4.78, 5) is 4.15. The molecule has 15 heavy (non-hydrogen) atoms. The zero-order valence-electron chi connectivity index (χ0n) is 8.73. The summed E-state index contributed by atoms with van der Waals surface area (Å²) in [5.41, 5.74) is 0.653. The van der Waals surface area contributed by atoms with Gasteiger partial charge in [-0.05, 0) is 12.3 Å². The van der Waals surface area contributed by atoms with Crippen LogP contribution in [0.3, 0.4) is 0 Å². The van der Waals surface area contributed by atoms with E-state index in [4.69, 9.17) is 5.21 Å². The maximum Gasteiger partial charge on any atom is 0.167 e. The van der Waals surface area contributed by atoms with Gasteiger partial charge in [0.05, 0.1) is 11.9 Å². The lowest BCUT2D eigenvalue weighted by atomic mass is 10.2. The average molecular weight is 222 g/mol. The molecule has 0 radical (unpaired) electrons. The van der Waals surface area contributed by atoms with Crippen LogP contribution >= 0.6 is 11.3 Å². The minimum absolute atomic E-state index is 0.653. The van der Waals surface area contributed by atoms with E-state index >= 15 is 0 Å². The van der Waals surface area contributed by atoms with Crippen LogP contribution in [-0.2, 0) is 0 Å². The van der Waals surface area contributed by atoms with Crippen molar-refractivity contribution < 1.29 is 5.21 Å². The largest absolute Gasteiger partial charge is 0.411 e. The van der Waals surface area contributed by atoms with E-state index in [0.717, 1.165) is 17.8 Å². The molecule has 1 rings (SSSR count). The Morgan fingerprint density at radius 1 is 1.60 bits per heavy atom. The first-order valence-corrected chi connectivity index (χ1v) is 5.86. The van der Waals surface area contributed by atoms with E-state index in [9.17, 15) is 0 Å². The van der Waals surface area contributed by atoms with Crippen molar-refractivity contribution in [3.05, 3.63) is 16.1 Å². The second kappa shape index (κ2) is 7.02. The number of hydrogen-bond acceptors (Lipinski definition) is 4. The highest BCUT2D eigenvalue weighted by molar-refractivity contribution is 7.10. The molecule has 1 N–H and O–H groups in total. The van der Waals surface area contributed by atoms with Gasteiger partial charge in [0.25, 0.3) is 0 Å². The molecule has 0 atom stereocenters. The first-order valence-electron chi connectivity index (χ1n) is 4.98. The Morgan fingerprint density at radius 2 is 2.47 bits per heavy atom. The predicted octanol–water partition coefficient (Wildman–Crippen LogP) is 2.88. The number of aromatic nitrogens is 1. The summed E-state index contributed by atoms with van der Waals surface area (Å²) in [5, 5.41) is 13.8. The van der Waals surface area contributed by atoms with Crippen LogP contribution in [-0.4, -0.2) is 16.4 Å². The van der Waals surface area contributed by atoms with E-state index in [0.29, 0.717) is 5.69 Å². The van der Waals surface area contributed by atoms with Gasteiger partial charge in [-0.1, -0.05) is 30.8 Å². The molecule has 1 heterocycles.